The van der Waals surface area contributed by atoms with Gasteiger partial charge in [-0.05, 0) is 25.5 Å². The van der Waals surface area contributed by atoms with Crippen LogP contribution in [-0.4, -0.2) is 15.0 Å². The Balaban J connectivity index is 2.80. The van der Waals surface area contributed by atoms with Crippen LogP contribution in [0.4, 0.5) is 0 Å². The van der Waals surface area contributed by atoms with Crippen molar-refractivity contribution in [1.29, 1.82) is 0 Å². The highest BCUT2D eigenvalue weighted by Gasteiger charge is 1.96. The molecule has 0 radical (unpaired) electrons. The van der Waals surface area contributed by atoms with Gasteiger partial charge in [-0.15, -0.1) is 0 Å². The maximum absolute atomic E-state index is 4.26. The Kier molecular flexibility index (Phi) is 1.50. The molecule has 0 aromatic carbocycles. The van der Waals surface area contributed by atoms with Gasteiger partial charge < -0.3 is 0 Å². The Hall–Kier alpha value is -1.51. The zero-order valence-electron chi connectivity index (χ0n) is 7.07. The van der Waals surface area contributed by atoms with E-state index in [0.717, 1.165) is 22.4 Å². The predicted molar refractivity (Wildman–Crippen MR) is 46.8 cm³/mol. The van der Waals surface area contributed by atoms with Gasteiger partial charge in [0.15, 0.2) is 0 Å². The van der Waals surface area contributed by atoms with Crippen LogP contribution in [0.2, 0.25) is 0 Å². The highest BCUT2D eigenvalue weighted by atomic mass is 14.9. The Morgan fingerprint density at radius 3 is 2.67 bits per heavy atom. The Labute approximate surface area is 70.5 Å². The fourth-order valence-corrected chi connectivity index (χ4v) is 1.11. The van der Waals surface area contributed by atoms with E-state index in [4.69, 9.17) is 0 Å². The van der Waals surface area contributed by atoms with Crippen LogP contribution in [0.1, 0.15) is 11.4 Å². The van der Waals surface area contributed by atoms with E-state index in [1.807, 2.05) is 26.1 Å². The molecule has 0 unspecified atom stereocenters. The number of aryl methyl sites for hydroxylation is 2. The highest BCUT2D eigenvalue weighted by Crippen LogP contribution is 2.08. The summed E-state index contributed by atoms with van der Waals surface area (Å²) >= 11 is 0. The molecule has 2 heterocycles. The van der Waals surface area contributed by atoms with Gasteiger partial charge in [0.1, 0.15) is 11.3 Å². The Morgan fingerprint density at radius 2 is 1.83 bits per heavy atom. The van der Waals surface area contributed by atoms with E-state index in [2.05, 4.69) is 15.0 Å². The monoisotopic (exact) mass is 159 g/mol. The lowest BCUT2D eigenvalue weighted by Gasteiger charge is -1.97. The summed E-state index contributed by atoms with van der Waals surface area (Å²) in [6.45, 7) is 3.88. The number of hydrogen-bond donors (Lipinski definition) is 0. The molecule has 0 amide bonds. The van der Waals surface area contributed by atoms with E-state index in [9.17, 15) is 0 Å². The topological polar surface area (TPSA) is 38.7 Å². The van der Waals surface area contributed by atoms with Gasteiger partial charge in [-0.1, -0.05) is 0 Å². The van der Waals surface area contributed by atoms with Crippen molar-refractivity contribution in [1.82, 2.24) is 15.0 Å². The van der Waals surface area contributed by atoms with Crippen molar-refractivity contribution < 1.29 is 0 Å². The lowest BCUT2D eigenvalue weighted by atomic mass is 10.3. The first kappa shape index (κ1) is 7.16. The molecular formula is C9H9N3. The zero-order valence-corrected chi connectivity index (χ0v) is 7.07. The van der Waals surface area contributed by atoms with Gasteiger partial charge in [-0.3, -0.25) is 4.98 Å². The number of fused-ring (bicyclic) bond motifs is 1. The van der Waals surface area contributed by atoms with E-state index in [1.165, 1.54) is 0 Å². The molecular weight excluding hydrogens is 150 g/mol. The fraction of sp³-hybridized carbons (Fsp3) is 0.222. The number of pyridine rings is 1. The van der Waals surface area contributed by atoms with Crippen LogP contribution in [0.3, 0.4) is 0 Å². The van der Waals surface area contributed by atoms with Crippen molar-refractivity contribution in [2.75, 3.05) is 0 Å². The minimum Gasteiger partial charge on any atom is -0.253 e. The van der Waals surface area contributed by atoms with Crippen molar-refractivity contribution in [3.05, 3.63) is 29.8 Å². The van der Waals surface area contributed by atoms with Crippen LogP contribution in [0.15, 0.2) is 18.5 Å². The van der Waals surface area contributed by atoms with Crippen LogP contribution >= 0.6 is 0 Å². The van der Waals surface area contributed by atoms with Gasteiger partial charge >= 0.3 is 0 Å². The molecule has 0 aliphatic carbocycles. The number of nitrogens with zero attached hydrogens (tertiary/aromatic N) is 3. The third kappa shape index (κ3) is 1.13. The zero-order chi connectivity index (χ0) is 8.55. The van der Waals surface area contributed by atoms with Crippen molar-refractivity contribution in [3.8, 4) is 0 Å². The van der Waals surface area contributed by atoms with Gasteiger partial charge in [0.2, 0.25) is 0 Å². The fourth-order valence-electron chi connectivity index (χ4n) is 1.11. The summed E-state index contributed by atoms with van der Waals surface area (Å²) in [5, 5.41) is 0. The standard InChI is InChI=1S/C9H9N3/c1-6-3-8-9(11-4-6)5-10-7(2)12-8/h3-5H,1-2H3. The van der Waals surface area contributed by atoms with Crippen LogP contribution in [0.25, 0.3) is 11.0 Å². The first-order valence-corrected chi connectivity index (χ1v) is 3.82. The molecule has 0 saturated carbocycles. The van der Waals surface area contributed by atoms with Crippen molar-refractivity contribution in [3.63, 3.8) is 0 Å². The second-order valence-electron chi connectivity index (χ2n) is 2.83. The summed E-state index contributed by atoms with van der Waals surface area (Å²) in [5.41, 5.74) is 2.90. The smallest absolute Gasteiger partial charge is 0.126 e. The summed E-state index contributed by atoms with van der Waals surface area (Å²) in [6.07, 6.45) is 3.57. The number of aromatic nitrogens is 3. The Morgan fingerprint density at radius 1 is 1.00 bits per heavy atom. The van der Waals surface area contributed by atoms with Crippen molar-refractivity contribution in [2.45, 2.75) is 13.8 Å². The normalized spacial score (nSPS) is 10.5. The molecule has 0 spiro atoms. The van der Waals surface area contributed by atoms with E-state index < -0.39 is 0 Å². The molecule has 0 N–H and O–H groups in total. The van der Waals surface area contributed by atoms with E-state index >= 15 is 0 Å². The predicted octanol–water partition coefficient (Wildman–Crippen LogP) is 1.64. The number of rotatable bonds is 0. The minimum atomic E-state index is 0.787. The average molecular weight is 159 g/mol. The second kappa shape index (κ2) is 2.52. The molecule has 2 rings (SSSR count). The third-order valence-corrected chi connectivity index (χ3v) is 1.69. The van der Waals surface area contributed by atoms with Crippen molar-refractivity contribution in [2.24, 2.45) is 0 Å². The maximum Gasteiger partial charge on any atom is 0.126 e. The van der Waals surface area contributed by atoms with Gasteiger partial charge in [0.05, 0.1) is 11.7 Å². The third-order valence-electron chi connectivity index (χ3n) is 1.69. The van der Waals surface area contributed by atoms with Gasteiger partial charge in [-0.2, -0.15) is 0 Å². The molecule has 0 bridgehead atoms. The average Bonchev–Trinajstić information content (AvgIpc) is 2.03. The molecule has 0 aliphatic rings. The molecule has 0 aliphatic heterocycles. The Bertz CT molecular complexity index is 386. The van der Waals surface area contributed by atoms with E-state index in [0.29, 0.717) is 0 Å². The quantitative estimate of drug-likeness (QED) is 0.586. The number of hydrogen-bond acceptors (Lipinski definition) is 3. The molecule has 3 nitrogen and oxygen atoms in total. The first-order chi connectivity index (χ1) is 5.75. The molecule has 60 valence electrons. The highest BCUT2D eigenvalue weighted by molar-refractivity contribution is 5.73. The van der Waals surface area contributed by atoms with Crippen LogP contribution < -0.4 is 0 Å². The summed E-state index contributed by atoms with van der Waals surface area (Å²) in [4.78, 5) is 12.5. The molecule has 12 heavy (non-hydrogen) atoms. The van der Waals surface area contributed by atoms with Crippen LogP contribution in [0.5, 0.6) is 0 Å². The lowest BCUT2D eigenvalue weighted by Crippen LogP contribution is -1.90. The minimum absolute atomic E-state index is 0.787. The van der Waals surface area contributed by atoms with Gasteiger partial charge in [-0.25, -0.2) is 9.97 Å². The van der Waals surface area contributed by atoms with Crippen LogP contribution in [0, 0.1) is 13.8 Å². The molecule has 0 atom stereocenters. The van der Waals surface area contributed by atoms with Crippen LogP contribution in [-0.2, 0) is 0 Å². The summed E-state index contributed by atoms with van der Waals surface area (Å²) < 4.78 is 0. The SMILES string of the molecule is Cc1cnc2cnc(C)nc2c1. The van der Waals surface area contributed by atoms with Crippen molar-refractivity contribution >= 4 is 11.0 Å². The summed E-state index contributed by atoms with van der Waals surface area (Å²) in [5.74, 6) is 0.787. The lowest BCUT2D eigenvalue weighted by molar-refractivity contribution is 1.08. The molecule has 2 aromatic heterocycles. The van der Waals surface area contributed by atoms with Gasteiger partial charge in [0, 0.05) is 6.20 Å². The molecule has 2 aromatic rings. The molecule has 0 saturated heterocycles. The first-order valence-electron chi connectivity index (χ1n) is 3.82. The summed E-state index contributed by atoms with van der Waals surface area (Å²) in [6, 6.07) is 2.01. The van der Waals surface area contributed by atoms with E-state index in [-0.39, 0.29) is 0 Å². The molecule has 0 fully saturated rings. The maximum atomic E-state index is 4.26. The van der Waals surface area contributed by atoms with Gasteiger partial charge in [0.25, 0.3) is 0 Å². The largest absolute Gasteiger partial charge is 0.253 e. The molecule has 3 heteroatoms. The summed E-state index contributed by atoms with van der Waals surface area (Å²) in [7, 11) is 0. The second-order valence-corrected chi connectivity index (χ2v) is 2.83. The van der Waals surface area contributed by atoms with E-state index in [1.54, 1.807) is 6.20 Å².